The maximum Gasteiger partial charge on any atom is 0.290 e. The number of hydrogen-bond acceptors (Lipinski definition) is 6. The van der Waals surface area contributed by atoms with Gasteiger partial charge in [0.1, 0.15) is 0 Å². The van der Waals surface area contributed by atoms with Crippen LogP contribution in [0.3, 0.4) is 0 Å². The summed E-state index contributed by atoms with van der Waals surface area (Å²) in [6.45, 7) is 1.39. The van der Waals surface area contributed by atoms with Gasteiger partial charge in [-0.05, 0) is 19.1 Å². The molecule has 9 nitrogen and oxygen atoms in total. The molecule has 0 bridgehead atoms. The average molecular weight is 398 g/mol. The highest BCUT2D eigenvalue weighted by molar-refractivity contribution is 7.89. The molecule has 1 aromatic carbocycles. The van der Waals surface area contributed by atoms with Crippen LogP contribution >= 0.6 is 11.6 Å². The van der Waals surface area contributed by atoms with Gasteiger partial charge in [0.15, 0.2) is 4.90 Å². The standard InChI is InChI=1S/C12H16ClN3O6S2/c1-2-23(19,20)14-5-7-15(8-6-14)24(21,22)12-4-3-10(13)9-11(12)16(17)18/h3-4,9H,2,5-8H2,1H3. The summed E-state index contributed by atoms with van der Waals surface area (Å²) in [5.74, 6) is -0.0671. The second-order valence-electron chi connectivity index (χ2n) is 5.07. The summed E-state index contributed by atoms with van der Waals surface area (Å²) in [6, 6.07) is 3.33. The van der Waals surface area contributed by atoms with Crippen LogP contribution in [0.4, 0.5) is 5.69 Å². The molecule has 24 heavy (non-hydrogen) atoms. The first kappa shape index (κ1) is 19.1. The Kier molecular flexibility index (Phi) is 5.50. The first-order valence-electron chi connectivity index (χ1n) is 7.01. The molecule has 2 rings (SSSR count). The summed E-state index contributed by atoms with van der Waals surface area (Å²) in [6.07, 6.45) is 0. The highest BCUT2D eigenvalue weighted by atomic mass is 35.5. The second kappa shape index (κ2) is 6.92. The van der Waals surface area contributed by atoms with Crippen molar-refractivity contribution in [3.63, 3.8) is 0 Å². The number of hydrogen-bond donors (Lipinski definition) is 0. The molecule has 1 aliphatic rings. The van der Waals surface area contributed by atoms with Gasteiger partial charge in [-0.1, -0.05) is 11.6 Å². The minimum atomic E-state index is -4.12. The average Bonchev–Trinajstić information content (AvgIpc) is 2.54. The van der Waals surface area contributed by atoms with E-state index in [2.05, 4.69) is 0 Å². The van der Waals surface area contributed by atoms with Crippen LogP contribution < -0.4 is 0 Å². The van der Waals surface area contributed by atoms with Crippen LogP contribution in [0.5, 0.6) is 0 Å². The smallest absolute Gasteiger partial charge is 0.258 e. The van der Waals surface area contributed by atoms with Crippen LogP contribution in [-0.2, 0) is 20.0 Å². The molecule has 1 heterocycles. The third-order valence-electron chi connectivity index (χ3n) is 3.69. The molecule has 0 aromatic heterocycles. The molecule has 0 spiro atoms. The molecule has 12 heteroatoms. The Morgan fingerprint density at radius 3 is 2.17 bits per heavy atom. The molecular weight excluding hydrogens is 382 g/mol. The third-order valence-corrected chi connectivity index (χ3v) is 7.75. The lowest BCUT2D eigenvalue weighted by molar-refractivity contribution is -0.387. The van der Waals surface area contributed by atoms with Crippen molar-refractivity contribution in [2.75, 3.05) is 31.9 Å². The summed E-state index contributed by atoms with van der Waals surface area (Å²) in [5.41, 5.74) is -0.605. The number of piperazine rings is 1. The van der Waals surface area contributed by atoms with Gasteiger partial charge in [-0.3, -0.25) is 10.1 Å². The number of nitrogens with zero attached hydrogens (tertiary/aromatic N) is 3. The molecule has 0 radical (unpaired) electrons. The van der Waals surface area contributed by atoms with E-state index in [0.717, 1.165) is 16.4 Å². The van der Waals surface area contributed by atoms with Crippen molar-refractivity contribution in [2.24, 2.45) is 0 Å². The zero-order valence-electron chi connectivity index (χ0n) is 12.8. The van der Waals surface area contributed by atoms with Crippen molar-refractivity contribution in [1.82, 2.24) is 8.61 Å². The Bertz CT molecular complexity index is 848. The summed E-state index contributed by atoms with van der Waals surface area (Å²) in [5, 5.41) is 11.2. The topological polar surface area (TPSA) is 118 Å². The Hall–Kier alpha value is -1.27. The SMILES string of the molecule is CCS(=O)(=O)N1CCN(S(=O)(=O)c2ccc(Cl)cc2[N+](=O)[O-])CC1. The first-order chi connectivity index (χ1) is 11.1. The molecule has 134 valence electrons. The van der Waals surface area contributed by atoms with Crippen LogP contribution in [0.25, 0.3) is 0 Å². The molecule has 1 aromatic rings. The minimum Gasteiger partial charge on any atom is -0.258 e. The van der Waals surface area contributed by atoms with Gasteiger partial charge in [-0.2, -0.15) is 8.61 Å². The summed E-state index contributed by atoms with van der Waals surface area (Å²) >= 11 is 5.70. The van der Waals surface area contributed by atoms with Crippen LogP contribution in [0.1, 0.15) is 6.92 Å². The largest absolute Gasteiger partial charge is 0.290 e. The van der Waals surface area contributed by atoms with E-state index in [1.54, 1.807) is 0 Å². The van der Waals surface area contributed by atoms with Gasteiger partial charge in [0, 0.05) is 37.3 Å². The number of sulfonamides is 2. The molecule has 0 amide bonds. The van der Waals surface area contributed by atoms with E-state index < -0.39 is 35.6 Å². The monoisotopic (exact) mass is 397 g/mol. The molecule has 1 fully saturated rings. The Balaban J connectivity index is 2.29. The van der Waals surface area contributed by atoms with Crippen molar-refractivity contribution < 1.29 is 21.8 Å². The predicted molar refractivity (Wildman–Crippen MR) is 87.9 cm³/mol. The van der Waals surface area contributed by atoms with Crippen LogP contribution in [-0.4, -0.2) is 62.3 Å². The van der Waals surface area contributed by atoms with Gasteiger partial charge in [-0.15, -0.1) is 0 Å². The first-order valence-corrected chi connectivity index (χ1v) is 10.4. The van der Waals surface area contributed by atoms with Gasteiger partial charge in [0.05, 0.1) is 10.7 Å². The zero-order chi connectivity index (χ0) is 18.1. The molecule has 1 saturated heterocycles. The summed E-state index contributed by atoms with van der Waals surface area (Å²) in [7, 11) is -7.51. The lowest BCUT2D eigenvalue weighted by atomic mass is 10.3. The van der Waals surface area contributed by atoms with Crippen molar-refractivity contribution in [2.45, 2.75) is 11.8 Å². The Morgan fingerprint density at radius 1 is 1.12 bits per heavy atom. The van der Waals surface area contributed by atoms with E-state index in [4.69, 9.17) is 11.6 Å². The quantitative estimate of drug-likeness (QED) is 0.538. The molecule has 0 N–H and O–H groups in total. The van der Waals surface area contributed by atoms with E-state index in [1.807, 2.05) is 0 Å². The van der Waals surface area contributed by atoms with Gasteiger partial charge >= 0.3 is 0 Å². The Morgan fingerprint density at radius 2 is 1.67 bits per heavy atom. The summed E-state index contributed by atoms with van der Waals surface area (Å²) < 4.78 is 51.2. The fraction of sp³-hybridized carbons (Fsp3) is 0.500. The third kappa shape index (κ3) is 3.70. The van der Waals surface area contributed by atoms with E-state index in [9.17, 15) is 26.9 Å². The van der Waals surface area contributed by atoms with Crippen LogP contribution in [0.15, 0.2) is 23.1 Å². The van der Waals surface area contributed by atoms with E-state index in [1.165, 1.54) is 17.3 Å². The second-order valence-corrected chi connectivity index (χ2v) is 9.67. The number of benzene rings is 1. The fourth-order valence-electron chi connectivity index (χ4n) is 2.36. The van der Waals surface area contributed by atoms with E-state index in [0.29, 0.717) is 0 Å². The van der Waals surface area contributed by atoms with E-state index >= 15 is 0 Å². The molecule has 0 atom stereocenters. The van der Waals surface area contributed by atoms with Crippen LogP contribution in [0.2, 0.25) is 5.02 Å². The van der Waals surface area contributed by atoms with Gasteiger partial charge in [0.2, 0.25) is 20.0 Å². The van der Waals surface area contributed by atoms with Crippen molar-refractivity contribution in [3.8, 4) is 0 Å². The number of halogens is 1. The van der Waals surface area contributed by atoms with Gasteiger partial charge in [0.25, 0.3) is 5.69 Å². The normalized spacial score (nSPS) is 17.8. The molecule has 0 unspecified atom stereocenters. The van der Waals surface area contributed by atoms with Crippen LogP contribution in [0, 0.1) is 10.1 Å². The lowest BCUT2D eigenvalue weighted by Crippen LogP contribution is -2.50. The fourth-order valence-corrected chi connectivity index (χ4v) is 5.17. The summed E-state index contributed by atoms with van der Waals surface area (Å²) in [4.78, 5) is 9.84. The lowest BCUT2D eigenvalue weighted by Gasteiger charge is -2.32. The van der Waals surface area contributed by atoms with Crippen molar-refractivity contribution in [3.05, 3.63) is 33.3 Å². The molecule has 1 aliphatic heterocycles. The van der Waals surface area contributed by atoms with Gasteiger partial charge in [-0.25, -0.2) is 16.8 Å². The maximum absolute atomic E-state index is 12.7. The highest BCUT2D eigenvalue weighted by Gasteiger charge is 2.35. The zero-order valence-corrected chi connectivity index (χ0v) is 15.1. The van der Waals surface area contributed by atoms with Crippen molar-refractivity contribution >= 4 is 37.3 Å². The number of rotatable bonds is 5. The molecule has 0 saturated carbocycles. The molecular formula is C12H16ClN3O6S2. The minimum absolute atomic E-state index is 0.0107. The van der Waals surface area contributed by atoms with Gasteiger partial charge < -0.3 is 0 Å². The van der Waals surface area contributed by atoms with Crippen molar-refractivity contribution in [1.29, 1.82) is 0 Å². The highest BCUT2D eigenvalue weighted by Crippen LogP contribution is 2.30. The number of nitro benzene ring substituents is 1. The number of nitro groups is 1. The molecule has 0 aliphatic carbocycles. The predicted octanol–water partition coefficient (Wildman–Crippen LogP) is 0.904. The maximum atomic E-state index is 12.7. The Labute approximate surface area is 145 Å². The van der Waals surface area contributed by atoms with E-state index in [-0.39, 0.29) is 37.0 Å².